The third-order valence-electron chi connectivity index (χ3n) is 4.30. The smallest absolute Gasteiger partial charge is 0.190 e. The Balaban J connectivity index is 1.81. The summed E-state index contributed by atoms with van der Waals surface area (Å²) in [4.78, 5) is 4.99. The summed E-state index contributed by atoms with van der Waals surface area (Å²) in [5.74, 6) is -0.0194. The van der Waals surface area contributed by atoms with E-state index in [0.29, 0.717) is 12.1 Å². The Bertz CT molecular complexity index is 511. The number of guanidine groups is 1. The molecule has 5 heteroatoms. The fourth-order valence-electron chi connectivity index (χ4n) is 3.37. The molecule has 3 rings (SSSR count). The van der Waals surface area contributed by atoms with Crippen molar-refractivity contribution in [3.05, 3.63) is 23.8 Å². The van der Waals surface area contributed by atoms with E-state index in [9.17, 15) is 0 Å². The van der Waals surface area contributed by atoms with Crippen LogP contribution in [0.4, 0.5) is 11.4 Å². The molecule has 0 amide bonds. The highest BCUT2D eigenvalue weighted by atomic mass is 15.3. The van der Waals surface area contributed by atoms with Gasteiger partial charge < -0.3 is 16.0 Å². The van der Waals surface area contributed by atoms with Crippen molar-refractivity contribution in [2.75, 3.05) is 30.4 Å². The quantitative estimate of drug-likeness (QED) is 0.551. The standard InChI is InChI=1S/C14H21N5/c1-9-5-10(17-14(15)16)3-4-13(9)19-8-11-6-12(19)7-18(11)2/h3-5,11-12H,6-8H2,1-2H3,(H4,15,16,17). The molecular weight excluding hydrogens is 238 g/mol. The van der Waals surface area contributed by atoms with Gasteiger partial charge in [-0.1, -0.05) is 0 Å². The SMILES string of the molecule is Cc1cc(NC(=N)N)ccc1N1CC2CC1CN2C. The Labute approximate surface area is 113 Å². The zero-order chi connectivity index (χ0) is 13.6. The molecule has 1 aromatic carbocycles. The first-order valence-corrected chi connectivity index (χ1v) is 6.73. The molecular formula is C14H21N5. The fourth-order valence-corrected chi connectivity index (χ4v) is 3.37. The number of hydrogen-bond acceptors (Lipinski definition) is 3. The van der Waals surface area contributed by atoms with Crippen molar-refractivity contribution >= 4 is 17.3 Å². The van der Waals surface area contributed by atoms with Crippen LogP contribution >= 0.6 is 0 Å². The van der Waals surface area contributed by atoms with E-state index in [0.717, 1.165) is 18.8 Å². The molecule has 2 bridgehead atoms. The van der Waals surface area contributed by atoms with Crippen molar-refractivity contribution in [2.45, 2.75) is 25.4 Å². The van der Waals surface area contributed by atoms with E-state index in [4.69, 9.17) is 11.1 Å². The number of nitrogens with one attached hydrogen (secondary N) is 2. The van der Waals surface area contributed by atoms with Crippen LogP contribution < -0.4 is 16.0 Å². The van der Waals surface area contributed by atoms with Crippen molar-refractivity contribution in [3.8, 4) is 0 Å². The maximum absolute atomic E-state index is 7.26. The lowest BCUT2D eigenvalue weighted by Crippen LogP contribution is -2.44. The highest BCUT2D eigenvalue weighted by Crippen LogP contribution is 2.35. The number of aryl methyl sites for hydroxylation is 1. The zero-order valence-electron chi connectivity index (χ0n) is 11.5. The summed E-state index contributed by atoms with van der Waals surface area (Å²) in [5, 5.41) is 10.1. The molecule has 19 heavy (non-hydrogen) atoms. The van der Waals surface area contributed by atoms with Gasteiger partial charge in [-0.3, -0.25) is 10.3 Å². The molecule has 4 N–H and O–H groups in total. The van der Waals surface area contributed by atoms with E-state index in [-0.39, 0.29) is 5.96 Å². The molecule has 5 nitrogen and oxygen atoms in total. The van der Waals surface area contributed by atoms with Crippen molar-refractivity contribution in [1.82, 2.24) is 4.90 Å². The van der Waals surface area contributed by atoms with Crippen LogP contribution in [0, 0.1) is 12.3 Å². The van der Waals surface area contributed by atoms with Gasteiger partial charge in [0.15, 0.2) is 5.96 Å². The summed E-state index contributed by atoms with van der Waals surface area (Å²) < 4.78 is 0. The van der Waals surface area contributed by atoms with Gasteiger partial charge in [-0.2, -0.15) is 0 Å². The van der Waals surface area contributed by atoms with Crippen LogP contribution in [0.5, 0.6) is 0 Å². The monoisotopic (exact) mass is 259 g/mol. The average molecular weight is 259 g/mol. The molecule has 2 aliphatic heterocycles. The Morgan fingerprint density at radius 3 is 2.68 bits per heavy atom. The van der Waals surface area contributed by atoms with Gasteiger partial charge in [0.05, 0.1) is 0 Å². The maximum Gasteiger partial charge on any atom is 0.190 e. The molecule has 0 aliphatic carbocycles. The number of hydrogen-bond donors (Lipinski definition) is 3. The lowest BCUT2D eigenvalue weighted by molar-refractivity contribution is 0.292. The van der Waals surface area contributed by atoms with Crippen LogP contribution in [0.15, 0.2) is 18.2 Å². The second kappa shape index (κ2) is 4.42. The number of likely N-dealkylation sites (N-methyl/N-ethyl adjacent to an activating group) is 1. The van der Waals surface area contributed by atoms with E-state index < -0.39 is 0 Å². The first-order valence-electron chi connectivity index (χ1n) is 6.73. The maximum atomic E-state index is 7.26. The number of nitrogens with zero attached hydrogens (tertiary/aromatic N) is 2. The molecule has 2 heterocycles. The molecule has 102 valence electrons. The first kappa shape index (κ1) is 12.3. The number of rotatable bonds is 2. The van der Waals surface area contributed by atoms with E-state index in [1.165, 1.54) is 17.7 Å². The van der Waals surface area contributed by atoms with Crippen LogP contribution in [0.3, 0.4) is 0 Å². The minimum Gasteiger partial charge on any atom is -0.370 e. The molecule has 0 spiro atoms. The van der Waals surface area contributed by atoms with Crippen LogP contribution in [0.1, 0.15) is 12.0 Å². The fraction of sp³-hybridized carbons (Fsp3) is 0.500. The number of anilines is 2. The molecule has 2 saturated heterocycles. The van der Waals surface area contributed by atoms with Gasteiger partial charge in [-0.25, -0.2) is 0 Å². The molecule has 2 aliphatic rings. The van der Waals surface area contributed by atoms with Gasteiger partial charge in [-0.15, -0.1) is 0 Å². The molecule has 2 unspecified atom stereocenters. The van der Waals surface area contributed by atoms with E-state index in [1.807, 2.05) is 6.07 Å². The Hall–Kier alpha value is -1.75. The van der Waals surface area contributed by atoms with Gasteiger partial charge in [0.25, 0.3) is 0 Å². The minimum atomic E-state index is -0.0194. The third kappa shape index (κ3) is 2.14. The van der Waals surface area contributed by atoms with Crippen LogP contribution in [-0.2, 0) is 0 Å². The van der Waals surface area contributed by atoms with Crippen molar-refractivity contribution < 1.29 is 0 Å². The summed E-state index contributed by atoms with van der Waals surface area (Å²) in [7, 11) is 2.22. The predicted octanol–water partition coefficient (Wildman–Crippen LogP) is 1.19. The third-order valence-corrected chi connectivity index (χ3v) is 4.30. The van der Waals surface area contributed by atoms with Crippen molar-refractivity contribution in [3.63, 3.8) is 0 Å². The zero-order valence-corrected chi connectivity index (χ0v) is 11.5. The van der Waals surface area contributed by atoms with Crippen molar-refractivity contribution in [2.24, 2.45) is 5.73 Å². The number of likely N-dealkylation sites (tertiary alicyclic amines) is 1. The highest BCUT2D eigenvalue weighted by Gasteiger charge is 2.41. The van der Waals surface area contributed by atoms with E-state index in [2.05, 4.69) is 41.2 Å². The molecule has 2 fully saturated rings. The first-order chi connectivity index (χ1) is 9.04. The van der Waals surface area contributed by atoms with Crippen molar-refractivity contribution in [1.29, 1.82) is 5.41 Å². The number of piperazine rings is 1. The topological polar surface area (TPSA) is 68.4 Å². The van der Waals surface area contributed by atoms with Crippen LogP contribution in [0.25, 0.3) is 0 Å². The van der Waals surface area contributed by atoms with E-state index in [1.54, 1.807) is 0 Å². The molecule has 0 saturated carbocycles. The minimum absolute atomic E-state index is 0.0194. The van der Waals surface area contributed by atoms with Crippen LogP contribution in [0.2, 0.25) is 0 Å². The van der Waals surface area contributed by atoms with E-state index >= 15 is 0 Å². The summed E-state index contributed by atoms with van der Waals surface area (Å²) in [6.45, 7) is 4.41. The normalized spacial score (nSPS) is 25.9. The summed E-state index contributed by atoms with van der Waals surface area (Å²) in [6, 6.07) is 7.56. The van der Waals surface area contributed by atoms with Crippen LogP contribution in [-0.4, -0.2) is 43.1 Å². The largest absolute Gasteiger partial charge is 0.370 e. The average Bonchev–Trinajstić information content (AvgIpc) is 2.87. The lowest BCUT2D eigenvalue weighted by Gasteiger charge is -2.34. The molecule has 0 aromatic heterocycles. The van der Waals surface area contributed by atoms with Gasteiger partial charge in [0, 0.05) is 36.5 Å². The summed E-state index contributed by atoms with van der Waals surface area (Å²) >= 11 is 0. The number of nitrogens with two attached hydrogens (primary N) is 1. The molecule has 2 atom stereocenters. The second-order valence-corrected chi connectivity index (χ2v) is 5.68. The Morgan fingerprint density at radius 1 is 1.37 bits per heavy atom. The Kier molecular flexibility index (Phi) is 2.86. The Morgan fingerprint density at radius 2 is 2.16 bits per heavy atom. The highest BCUT2D eigenvalue weighted by molar-refractivity contribution is 5.90. The van der Waals surface area contributed by atoms with Gasteiger partial charge in [0.2, 0.25) is 0 Å². The van der Waals surface area contributed by atoms with Gasteiger partial charge in [0.1, 0.15) is 0 Å². The second-order valence-electron chi connectivity index (χ2n) is 5.68. The molecule has 0 radical (unpaired) electrons. The number of fused-ring (bicyclic) bond motifs is 2. The lowest BCUT2D eigenvalue weighted by atomic mass is 10.1. The van der Waals surface area contributed by atoms with Gasteiger partial charge in [-0.05, 0) is 44.2 Å². The predicted molar refractivity (Wildman–Crippen MR) is 78.9 cm³/mol. The summed E-state index contributed by atoms with van der Waals surface area (Å²) in [5.41, 5.74) is 8.79. The number of benzene rings is 1. The van der Waals surface area contributed by atoms with Gasteiger partial charge >= 0.3 is 0 Å². The molecule has 1 aromatic rings. The summed E-state index contributed by atoms with van der Waals surface area (Å²) in [6.07, 6.45) is 1.28.